The molecule has 0 saturated carbocycles. The van der Waals surface area contributed by atoms with E-state index in [2.05, 4.69) is 13.8 Å². The fourth-order valence-corrected chi connectivity index (χ4v) is 3.31. The van der Waals surface area contributed by atoms with Crippen LogP contribution in [0.5, 0.6) is 0 Å². The van der Waals surface area contributed by atoms with E-state index in [0.717, 1.165) is 6.23 Å². The third-order valence-corrected chi connectivity index (χ3v) is 5.11. The molecule has 1 spiro atoms. The summed E-state index contributed by atoms with van der Waals surface area (Å²) < 4.78 is 10.5. The average molecular weight is 116 g/mol. The highest BCUT2D eigenvalue weighted by Crippen LogP contribution is 2.52. The summed E-state index contributed by atoms with van der Waals surface area (Å²) >= 11 is 0. The van der Waals surface area contributed by atoms with E-state index in [1.807, 2.05) is 0 Å². The zero-order chi connectivity index (χ0) is 5.12. The molecule has 0 amide bonds. The van der Waals surface area contributed by atoms with Crippen LogP contribution in [0.25, 0.3) is 0 Å². The van der Waals surface area contributed by atoms with Gasteiger partial charge in [0.15, 0.2) is 0 Å². The summed E-state index contributed by atoms with van der Waals surface area (Å²) in [6, 6.07) is 0. The molecule has 2 rings (SSSR count). The van der Waals surface area contributed by atoms with Crippen LogP contribution in [0.1, 0.15) is 13.8 Å². The summed E-state index contributed by atoms with van der Waals surface area (Å²) in [6.07, 6.45) is 0.944. The smallest absolute Gasteiger partial charge is 0.389 e. The van der Waals surface area contributed by atoms with Gasteiger partial charge in [-0.25, -0.2) is 0 Å². The van der Waals surface area contributed by atoms with E-state index in [0.29, 0.717) is 0 Å². The summed E-state index contributed by atoms with van der Waals surface area (Å²) in [5.41, 5.74) is 0. The second kappa shape index (κ2) is 0.707. The lowest BCUT2D eigenvalue weighted by Gasteiger charge is -1.83. The fraction of sp³-hybridized carbons (Fsp3) is 1.00. The summed E-state index contributed by atoms with van der Waals surface area (Å²) in [5.74, 6) is 0. The van der Waals surface area contributed by atoms with Crippen LogP contribution in [0.2, 0.25) is 0 Å². The maximum absolute atomic E-state index is 5.32. The van der Waals surface area contributed by atoms with Crippen LogP contribution < -0.4 is 0 Å². The Bertz CT molecular complexity index is 115. The van der Waals surface area contributed by atoms with Crippen LogP contribution in [-0.4, -0.2) is 20.0 Å². The molecular formula is C4H8O2Si. The van der Waals surface area contributed by atoms with E-state index in [1.54, 1.807) is 0 Å². The zero-order valence-corrected chi connectivity index (χ0v) is 5.52. The monoisotopic (exact) mass is 116 g/mol. The molecule has 1 atom stereocenters. The first-order valence-electron chi connectivity index (χ1n) is 2.50. The van der Waals surface area contributed by atoms with Crippen molar-refractivity contribution in [3.63, 3.8) is 0 Å². The van der Waals surface area contributed by atoms with Crippen LogP contribution >= 0.6 is 0 Å². The molecule has 2 saturated heterocycles. The molecule has 0 aliphatic carbocycles. The molecule has 7 heavy (non-hydrogen) atoms. The number of hydrogen-bond donors (Lipinski definition) is 0. The van der Waals surface area contributed by atoms with Crippen molar-refractivity contribution in [1.29, 1.82) is 0 Å². The summed E-state index contributed by atoms with van der Waals surface area (Å²) in [6.45, 7) is 4.21. The third kappa shape index (κ3) is 0.319. The predicted molar refractivity (Wildman–Crippen MR) is 26.9 cm³/mol. The minimum Gasteiger partial charge on any atom is -0.389 e. The van der Waals surface area contributed by atoms with Crippen molar-refractivity contribution < 1.29 is 8.85 Å². The van der Waals surface area contributed by atoms with Gasteiger partial charge in [-0.2, -0.15) is 0 Å². The van der Waals surface area contributed by atoms with E-state index in [-0.39, 0.29) is 5.22 Å². The Morgan fingerprint density at radius 1 is 1.57 bits per heavy atom. The molecule has 3 heteroatoms. The van der Waals surface area contributed by atoms with E-state index in [4.69, 9.17) is 8.85 Å². The van der Waals surface area contributed by atoms with Gasteiger partial charge >= 0.3 is 8.56 Å². The van der Waals surface area contributed by atoms with Gasteiger partial charge < -0.3 is 8.85 Å². The van der Waals surface area contributed by atoms with Gasteiger partial charge in [0.2, 0.25) is 0 Å². The van der Waals surface area contributed by atoms with Crippen LogP contribution in [0.4, 0.5) is 0 Å². The Morgan fingerprint density at radius 2 is 2.00 bits per heavy atom. The van der Waals surface area contributed by atoms with Gasteiger partial charge in [-0.15, -0.1) is 0 Å². The lowest BCUT2D eigenvalue weighted by molar-refractivity contribution is 0.361. The Balaban J connectivity index is 2.22. The Labute approximate surface area is 43.7 Å². The van der Waals surface area contributed by atoms with Crippen molar-refractivity contribution in [3.05, 3.63) is 0 Å². The van der Waals surface area contributed by atoms with Crippen LogP contribution in [0, 0.1) is 0 Å². The highest BCUT2D eigenvalue weighted by Gasteiger charge is 2.79. The first kappa shape index (κ1) is 4.06. The fourth-order valence-electron chi connectivity index (χ4n) is 0.859. The maximum atomic E-state index is 5.32. The SMILES string of the molecule is CC1(C)O[Si]12CO2. The van der Waals surface area contributed by atoms with Crippen molar-refractivity contribution in [2.75, 3.05) is 6.23 Å². The van der Waals surface area contributed by atoms with Gasteiger partial charge in [0.05, 0.1) is 11.5 Å². The largest absolute Gasteiger partial charge is 0.395 e. The molecule has 0 aromatic rings. The highest BCUT2D eigenvalue weighted by atomic mass is 28.4. The quantitative estimate of drug-likeness (QED) is 0.337. The molecule has 0 aromatic carbocycles. The molecule has 2 nitrogen and oxygen atoms in total. The van der Waals surface area contributed by atoms with Gasteiger partial charge in [0, 0.05) is 0 Å². The van der Waals surface area contributed by atoms with Crippen molar-refractivity contribution in [3.8, 4) is 0 Å². The molecule has 1 unspecified atom stereocenters. The molecule has 0 aromatic heterocycles. The lowest BCUT2D eigenvalue weighted by Crippen LogP contribution is -2.08. The molecule has 0 N–H and O–H groups in total. The van der Waals surface area contributed by atoms with Crippen LogP contribution in [0.15, 0.2) is 0 Å². The Morgan fingerprint density at radius 3 is 2.00 bits per heavy atom. The molecule has 0 bridgehead atoms. The van der Waals surface area contributed by atoms with Gasteiger partial charge in [0.1, 0.15) is 0 Å². The van der Waals surface area contributed by atoms with Crippen molar-refractivity contribution in [2.45, 2.75) is 19.1 Å². The Kier molecular flexibility index (Phi) is 0.410. The Hall–Kier alpha value is 0.137. The van der Waals surface area contributed by atoms with E-state index in [1.165, 1.54) is 0 Å². The first-order chi connectivity index (χ1) is 3.16. The normalized spacial score (nSPS) is 52.3. The highest BCUT2D eigenvalue weighted by molar-refractivity contribution is 6.85. The molecule has 2 heterocycles. The van der Waals surface area contributed by atoms with Crippen LogP contribution in [0.3, 0.4) is 0 Å². The average Bonchev–Trinajstić information content (AvgIpc) is 2.22. The molecule has 2 aliphatic rings. The van der Waals surface area contributed by atoms with E-state index < -0.39 is 8.56 Å². The second-order valence-corrected chi connectivity index (χ2v) is 6.15. The van der Waals surface area contributed by atoms with Crippen LogP contribution in [-0.2, 0) is 8.85 Å². The third-order valence-electron chi connectivity index (χ3n) is 1.70. The van der Waals surface area contributed by atoms with Gasteiger partial charge in [0.25, 0.3) is 0 Å². The first-order valence-corrected chi connectivity index (χ1v) is 4.53. The number of rotatable bonds is 0. The summed E-state index contributed by atoms with van der Waals surface area (Å²) in [7, 11) is -1.34. The number of hydrogen-bond acceptors (Lipinski definition) is 2. The topological polar surface area (TPSA) is 25.1 Å². The second-order valence-electron chi connectivity index (χ2n) is 2.65. The molecule has 0 radical (unpaired) electrons. The van der Waals surface area contributed by atoms with Crippen molar-refractivity contribution in [2.24, 2.45) is 0 Å². The standard InChI is InChI=1S/C4H8O2Si/c1-4(2)6-7(4)3-5-7/h3H2,1-2H3. The van der Waals surface area contributed by atoms with E-state index in [9.17, 15) is 0 Å². The minimum absolute atomic E-state index is 0.174. The minimum atomic E-state index is -1.34. The molecule has 2 fully saturated rings. The van der Waals surface area contributed by atoms with Crippen molar-refractivity contribution in [1.82, 2.24) is 0 Å². The van der Waals surface area contributed by atoms with Gasteiger partial charge in [-0.1, -0.05) is 0 Å². The predicted octanol–water partition coefficient (Wildman–Crippen LogP) is 0.346. The molecule has 2 aliphatic heterocycles. The van der Waals surface area contributed by atoms with Gasteiger partial charge in [-0.05, 0) is 13.8 Å². The molecular weight excluding hydrogens is 108 g/mol. The summed E-state index contributed by atoms with van der Waals surface area (Å²) in [5, 5.41) is 0.174. The van der Waals surface area contributed by atoms with E-state index >= 15 is 0 Å². The zero-order valence-electron chi connectivity index (χ0n) is 4.52. The maximum Gasteiger partial charge on any atom is 0.395 e. The lowest BCUT2D eigenvalue weighted by atomic mass is 10.5. The van der Waals surface area contributed by atoms with Gasteiger partial charge in [-0.3, -0.25) is 0 Å². The summed E-state index contributed by atoms with van der Waals surface area (Å²) in [4.78, 5) is 0. The van der Waals surface area contributed by atoms with Crippen molar-refractivity contribution >= 4 is 8.56 Å². The molecule has 40 valence electrons.